The second-order valence-corrected chi connectivity index (χ2v) is 9.38. The number of ether oxygens (including phenoxy) is 1. The van der Waals surface area contributed by atoms with Crippen molar-refractivity contribution in [1.29, 1.82) is 0 Å². The fraction of sp³-hybridized carbons (Fsp3) is 0.500. The second kappa shape index (κ2) is 7.68. The van der Waals surface area contributed by atoms with Gasteiger partial charge >= 0.3 is 0 Å². The van der Waals surface area contributed by atoms with Crippen molar-refractivity contribution >= 4 is 11.6 Å². The third-order valence-electron chi connectivity index (χ3n) is 7.11. The Morgan fingerprint density at radius 2 is 1.68 bits per heavy atom. The van der Waals surface area contributed by atoms with Crippen LogP contribution >= 0.6 is 11.6 Å². The molecule has 4 heteroatoms. The van der Waals surface area contributed by atoms with Crippen molar-refractivity contribution in [3.8, 4) is 5.75 Å². The summed E-state index contributed by atoms with van der Waals surface area (Å²) >= 11 is 6.09. The van der Waals surface area contributed by atoms with Gasteiger partial charge in [-0.2, -0.15) is 0 Å². The predicted octanol–water partition coefficient (Wildman–Crippen LogP) is 5.97. The van der Waals surface area contributed by atoms with Gasteiger partial charge in [0.25, 0.3) is 0 Å². The van der Waals surface area contributed by atoms with Gasteiger partial charge in [0.1, 0.15) is 18.2 Å². The third kappa shape index (κ3) is 3.67. The molecule has 4 fully saturated rings. The second-order valence-electron chi connectivity index (χ2n) is 8.97. The Hall–Kier alpha value is -1.58. The third-order valence-corrected chi connectivity index (χ3v) is 7.47. The maximum atomic E-state index is 13.9. The Morgan fingerprint density at radius 1 is 0.964 bits per heavy atom. The normalized spacial score (nSPS) is 30.6. The summed E-state index contributed by atoms with van der Waals surface area (Å²) in [6, 6.07) is 13.5. The molecule has 0 saturated heterocycles. The van der Waals surface area contributed by atoms with E-state index in [0.29, 0.717) is 16.6 Å². The highest BCUT2D eigenvalue weighted by molar-refractivity contribution is 6.31. The number of benzene rings is 2. The van der Waals surface area contributed by atoms with Gasteiger partial charge in [-0.25, -0.2) is 4.39 Å². The monoisotopic (exact) mass is 399 g/mol. The van der Waals surface area contributed by atoms with Crippen LogP contribution in [0.4, 0.5) is 4.39 Å². The van der Waals surface area contributed by atoms with Crippen LogP contribution in [0.5, 0.6) is 5.75 Å². The van der Waals surface area contributed by atoms with Gasteiger partial charge in [0, 0.05) is 18.2 Å². The lowest BCUT2D eigenvalue weighted by Crippen LogP contribution is -2.54. The van der Waals surface area contributed by atoms with E-state index < -0.39 is 0 Å². The molecule has 0 amide bonds. The van der Waals surface area contributed by atoms with E-state index in [1.807, 2.05) is 12.1 Å². The van der Waals surface area contributed by atoms with Crippen molar-refractivity contribution in [2.75, 3.05) is 0 Å². The van der Waals surface area contributed by atoms with E-state index in [0.717, 1.165) is 36.0 Å². The highest BCUT2D eigenvalue weighted by Crippen LogP contribution is 2.53. The average molecular weight is 400 g/mol. The number of hydrogen-bond donors (Lipinski definition) is 1. The molecule has 148 valence electrons. The molecule has 4 bridgehead atoms. The van der Waals surface area contributed by atoms with Gasteiger partial charge in [0.2, 0.25) is 0 Å². The van der Waals surface area contributed by atoms with Crippen molar-refractivity contribution in [3.05, 3.63) is 64.4 Å². The SMILES string of the molecule is Fc1cccc(Cl)c1COc1cccc(CNC2C3CC4CC(C3)CC2C4)c1. The first-order valence-electron chi connectivity index (χ1n) is 10.5. The maximum Gasteiger partial charge on any atom is 0.131 e. The first kappa shape index (κ1) is 18.4. The average Bonchev–Trinajstić information content (AvgIpc) is 2.67. The van der Waals surface area contributed by atoms with Gasteiger partial charge in [0.05, 0.1) is 5.02 Å². The zero-order valence-corrected chi connectivity index (χ0v) is 16.8. The minimum Gasteiger partial charge on any atom is -0.489 e. The van der Waals surface area contributed by atoms with Crippen molar-refractivity contribution in [2.24, 2.45) is 23.7 Å². The smallest absolute Gasteiger partial charge is 0.131 e. The molecule has 1 N–H and O–H groups in total. The fourth-order valence-corrected chi connectivity index (χ4v) is 6.28. The molecular weight excluding hydrogens is 373 g/mol. The summed E-state index contributed by atoms with van der Waals surface area (Å²) in [5.74, 6) is 4.18. The van der Waals surface area contributed by atoms with Gasteiger partial charge in [-0.1, -0.05) is 29.8 Å². The molecule has 28 heavy (non-hydrogen) atoms. The number of halogens is 2. The molecule has 4 aliphatic rings. The van der Waals surface area contributed by atoms with Crippen LogP contribution in [0.3, 0.4) is 0 Å². The maximum absolute atomic E-state index is 13.9. The van der Waals surface area contributed by atoms with E-state index >= 15 is 0 Å². The molecule has 0 aromatic heterocycles. The fourth-order valence-electron chi connectivity index (χ4n) is 6.07. The zero-order chi connectivity index (χ0) is 19.1. The molecule has 6 rings (SSSR count). The standard InChI is InChI=1S/C24H27ClFNO/c25-22-5-2-6-23(26)21(22)14-28-20-4-1-3-15(12-20)13-27-24-18-8-16-7-17(10-18)11-19(24)9-16/h1-6,12,16-19,24,27H,7-11,13-14H2. The van der Waals surface area contributed by atoms with Crippen LogP contribution in [0.25, 0.3) is 0 Å². The Balaban J connectivity index is 1.20. The summed E-state index contributed by atoms with van der Waals surface area (Å²) in [5.41, 5.74) is 1.62. The molecule has 0 spiro atoms. The highest BCUT2D eigenvalue weighted by Gasteiger charge is 2.47. The van der Waals surface area contributed by atoms with Crippen LogP contribution in [0.15, 0.2) is 42.5 Å². The zero-order valence-electron chi connectivity index (χ0n) is 16.0. The van der Waals surface area contributed by atoms with Crippen LogP contribution in [-0.2, 0) is 13.2 Å². The van der Waals surface area contributed by atoms with E-state index in [1.165, 1.54) is 43.7 Å². The van der Waals surface area contributed by atoms with Gasteiger partial charge in [0.15, 0.2) is 0 Å². The predicted molar refractivity (Wildman–Crippen MR) is 110 cm³/mol. The quantitative estimate of drug-likeness (QED) is 0.645. The summed E-state index contributed by atoms with van der Waals surface area (Å²) in [6.45, 7) is 1.00. The van der Waals surface area contributed by atoms with Gasteiger partial charge in [-0.15, -0.1) is 0 Å². The van der Waals surface area contributed by atoms with Crippen LogP contribution in [0.2, 0.25) is 5.02 Å². The first-order valence-corrected chi connectivity index (χ1v) is 10.9. The van der Waals surface area contributed by atoms with Crippen LogP contribution in [-0.4, -0.2) is 6.04 Å². The van der Waals surface area contributed by atoms with E-state index in [2.05, 4.69) is 17.4 Å². The van der Waals surface area contributed by atoms with Crippen LogP contribution in [0.1, 0.15) is 43.2 Å². The number of rotatable bonds is 6. The largest absolute Gasteiger partial charge is 0.489 e. The molecule has 0 unspecified atom stereocenters. The van der Waals surface area contributed by atoms with E-state index in [-0.39, 0.29) is 12.4 Å². The van der Waals surface area contributed by atoms with Gasteiger partial charge in [-0.3, -0.25) is 0 Å². The molecule has 4 aliphatic carbocycles. The topological polar surface area (TPSA) is 21.3 Å². The molecule has 0 heterocycles. The first-order chi connectivity index (χ1) is 13.7. The Kier molecular flexibility index (Phi) is 5.06. The van der Waals surface area contributed by atoms with Crippen LogP contribution in [0, 0.1) is 29.5 Å². The summed E-state index contributed by atoms with van der Waals surface area (Å²) in [7, 11) is 0. The molecule has 0 aliphatic heterocycles. The van der Waals surface area contributed by atoms with Gasteiger partial charge in [-0.05, 0) is 85.6 Å². The molecule has 2 aromatic rings. The molecule has 0 atom stereocenters. The van der Waals surface area contributed by atoms with Crippen molar-refractivity contribution in [2.45, 2.75) is 51.3 Å². The minimum absolute atomic E-state index is 0.137. The summed E-state index contributed by atoms with van der Waals surface area (Å²) in [5, 5.41) is 4.27. The van der Waals surface area contributed by atoms with Crippen molar-refractivity contribution in [1.82, 2.24) is 5.32 Å². The Morgan fingerprint density at radius 3 is 2.39 bits per heavy atom. The Labute approximate surface area is 171 Å². The summed E-state index contributed by atoms with van der Waals surface area (Å²) < 4.78 is 19.8. The minimum atomic E-state index is -0.327. The lowest BCUT2D eigenvalue weighted by atomic mass is 9.54. The van der Waals surface area contributed by atoms with Crippen LogP contribution < -0.4 is 10.1 Å². The van der Waals surface area contributed by atoms with E-state index in [1.54, 1.807) is 12.1 Å². The molecular formula is C24H27ClFNO. The number of hydrogen-bond acceptors (Lipinski definition) is 2. The van der Waals surface area contributed by atoms with Crippen molar-refractivity contribution in [3.63, 3.8) is 0 Å². The highest BCUT2D eigenvalue weighted by atomic mass is 35.5. The number of nitrogens with one attached hydrogen (secondary N) is 1. The molecule has 0 radical (unpaired) electrons. The van der Waals surface area contributed by atoms with E-state index in [9.17, 15) is 4.39 Å². The van der Waals surface area contributed by atoms with Gasteiger partial charge < -0.3 is 10.1 Å². The lowest BCUT2D eigenvalue weighted by molar-refractivity contribution is -0.0142. The molecule has 2 aromatic carbocycles. The Bertz CT molecular complexity index is 806. The molecule has 4 saturated carbocycles. The van der Waals surface area contributed by atoms with Crippen molar-refractivity contribution < 1.29 is 9.13 Å². The summed E-state index contributed by atoms with van der Waals surface area (Å²) in [4.78, 5) is 0. The summed E-state index contributed by atoms with van der Waals surface area (Å²) in [6.07, 6.45) is 7.20. The molecule has 2 nitrogen and oxygen atoms in total. The lowest BCUT2D eigenvalue weighted by Gasteiger charge is -2.54. The van der Waals surface area contributed by atoms with E-state index in [4.69, 9.17) is 16.3 Å².